The zero-order valence-corrected chi connectivity index (χ0v) is 20.1. The van der Waals surface area contributed by atoms with Crippen molar-refractivity contribution in [1.29, 1.82) is 0 Å². The van der Waals surface area contributed by atoms with Crippen LogP contribution >= 0.6 is 23.8 Å². The number of hydrogen-bond donors (Lipinski definition) is 2. The Hall–Kier alpha value is -2.11. The van der Waals surface area contributed by atoms with Crippen LogP contribution in [0.4, 0.5) is 5.69 Å². The molecule has 0 unspecified atom stereocenters. The van der Waals surface area contributed by atoms with Crippen LogP contribution in [0.25, 0.3) is 0 Å². The number of thiocarbonyl (C=S) groups is 1. The van der Waals surface area contributed by atoms with Gasteiger partial charge < -0.3 is 15.5 Å². The van der Waals surface area contributed by atoms with Gasteiger partial charge in [0.2, 0.25) is 0 Å². The Labute approximate surface area is 201 Å². The predicted octanol–water partition coefficient (Wildman–Crippen LogP) is 6.20. The van der Waals surface area contributed by atoms with Crippen LogP contribution in [0.3, 0.4) is 0 Å². The van der Waals surface area contributed by atoms with Gasteiger partial charge in [0.25, 0.3) is 5.91 Å². The van der Waals surface area contributed by atoms with Gasteiger partial charge in [-0.2, -0.15) is 0 Å². The van der Waals surface area contributed by atoms with Crippen LogP contribution in [0.2, 0.25) is 5.02 Å². The third kappa shape index (κ3) is 5.81. The number of nitrogens with one attached hydrogen (secondary N) is 2. The molecule has 0 bridgehead atoms. The molecule has 1 amide bonds. The summed E-state index contributed by atoms with van der Waals surface area (Å²) in [6.07, 6.45) is 10.0. The third-order valence-corrected chi connectivity index (χ3v) is 7.38. The first-order valence-electron chi connectivity index (χ1n) is 11.8. The molecule has 0 atom stereocenters. The van der Waals surface area contributed by atoms with Crippen LogP contribution in [-0.2, 0) is 6.42 Å². The van der Waals surface area contributed by atoms with E-state index in [9.17, 15) is 4.79 Å². The van der Waals surface area contributed by atoms with E-state index in [2.05, 4.69) is 16.7 Å². The second-order valence-corrected chi connectivity index (χ2v) is 9.90. The van der Waals surface area contributed by atoms with Crippen molar-refractivity contribution in [3.63, 3.8) is 0 Å². The topological polar surface area (TPSA) is 44.4 Å². The second kappa shape index (κ2) is 10.7. The zero-order valence-electron chi connectivity index (χ0n) is 18.5. The molecule has 2 aromatic rings. The number of carbonyl (C=O) groups is 1. The molecule has 0 radical (unpaired) electrons. The van der Waals surface area contributed by atoms with Gasteiger partial charge in [0.15, 0.2) is 5.11 Å². The maximum Gasteiger partial charge on any atom is 0.253 e. The number of rotatable bonds is 6. The van der Waals surface area contributed by atoms with E-state index in [1.165, 1.54) is 24.8 Å². The number of halogens is 1. The first-order valence-corrected chi connectivity index (χ1v) is 12.6. The van der Waals surface area contributed by atoms with E-state index < -0.39 is 0 Å². The number of carbonyl (C=O) groups excluding carboxylic acids is 1. The number of anilines is 1. The summed E-state index contributed by atoms with van der Waals surface area (Å²) in [5, 5.41) is 8.41. The SMILES string of the molecule is O=C(c1ccc(NC(=S)NC2(CCc3ccccc3Cl)CCCC2)cc1)N1CCCCC1. The van der Waals surface area contributed by atoms with Crippen LogP contribution in [0.1, 0.15) is 67.3 Å². The summed E-state index contributed by atoms with van der Waals surface area (Å²) in [4.78, 5) is 14.6. The van der Waals surface area contributed by atoms with Gasteiger partial charge in [-0.05, 0) is 93.1 Å². The van der Waals surface area contributed by atoms with Gasteiger partial charge in [0, 0.05) is 34.9 Å². The number of hydrogen-bond acceptors (Lipinski definition) is 2. The summed E-state index contributed by atoms with van der Waals surface area (Å²) >= 11 is 12.0. The first-order chi connectivity index (χ1) is 15.5. The lowest BCUT2D eigenvalue weighted by Crippen LogP contribution is -2.48. The first kappa shape index (κ1) is 23.1. The zero-order chi connectivity index (χ0) is 22.4. The highest BCUT2D eigenvalue weighted by atomic mass is 35.5. The molecule has 2 N–H and O–H groups in total. The Bertz CT molecular complexity index is 934. The fourth-order valence-electron chi connectivity index (χ4n) is 4.94. The van der Waals surface area contributed by atoms with Crippen LogP contribution in [0.5, 0.6) is 0 Å². The maximum atomic E-state index is 12.7. The lowest BCUT2D eigenvalue weighted by Gasteiger charge is -2.32. The van der Waals surface area contributed by atoms with Crippen molar-refractivity contribution in [3.05, 3.63) is 64.7 Å². The summed E-state index contributed by atoms with van der Waals surface area (Å²) < 4.78 is 0. The molecule has 6 heteroatoms. The van der Waals surface area contributed by atoms with E-state index in [0.29, 0.717) is 5.11 Å². The summed E-state index contributed by atoms with van der Waals surface area (Å²) in [7, 11) is 0. The standard InChI is InChI=1S/C26H32ClN3OS/c27-23-9-3-2-8-20(23)14-17-26(15-4-5-16-26)29-25(32)28-22-12-10-21(11-13-22)24(31)30-18-6-1-7-19-30/h2-3,8-13H,1,4-7,14-19H2,(H2,28,29,32). The minimum Gasteiger partial charge on any atom is -0.357 e. The van der Waals surface area contributed by atoms with Gasteiger partial charge in [-0.25, -0.2) is 0 Å². The van der Waals surface area contributed by atoms with E-state index in [1.807, 2.05) is 47.4 Å². The Balaban J connectivity index is 1.34. The van der Waals surface area contributed by atoms with Crippen molar-refractivity contribution in [1.82, 2.24) is 10.2 Å². The normalized spacial score (nSPS) is 17.7. The number of likely N-dealkylation sites (tertiary alicyclic amines) is 1. The Morgan fingerprint density at radius 3 is 2.34 bits per heavy atom. The fraction of sp³-hybridized carbons (Fsp3) is 0.462. The molecule has 4 rings (SSSR count). The average molecular weight is 470 g/mol. The largest absolute Gasteiger partial charge is 0.357 e. The number of aryl methyl sites for hydroxylation is 1. The summed E-state index contributed by atoms with van der Waals surface area (Å²) in [6.45, 7) is 1.73. The molecule has 2 aliphatic rings. The molecule has 32 heavy (non-hydrogen) atoms. The number of benzene rings is 2. The van der Waals surface area contributed by atoms with Gasteiger partial charge in [0.05, 0.1) is 0 Å². The lowest BCUT2D eigenvalue weighted by molar-refractivity contribution is 0.0724. The molecule has 0 aromatic heterocycles. The lowest BCUT2D eigenvalue weighted by atomic mass is 9.89. The van der Waals surface area contributed by atoms with E-state index in [1.54, 1.807) is 0 Å². The third-order valence-electron chi connectivity index (χ3n) is 6.80. The van der Waals surface area contributed by atoms with Gasteiger partial charge >= 0.3 is 0 Å². The Kier molecular flexibility index (Phi) is 7.69. The molecule has 0 spiro atoms. The van der Waals surface area contributed by atoms with Crippen molar-refractivity contribution in [2.45, 2.75) is 63.3 Å². The molecule has 1 aliphatic heterocycles. The predicted molar refractivity (Wildman–Crippen MR) is 137 cm³/mol. The molecular weight excluding hydrogens is 438 g/mol. The molecule has 1 saturated carbocycles. The minimum atomic E-state index is 0.00736. The number of nitrogens with zero attached hydrogens (tertiary/aromatic N) is 1. The summed E-state index contributed by atoms with van der Waals surface area (Å²) in [6, 6.07) is 15.7. The number of amides is 1. The van der Waals surface area contributed by atoms with Crippen molar-refractivity contribution in [2.75, 3.05) is 18.4 Å². The molecule has 2 aromatic carbocycles. The molecule has 1 saturated heterocycles. The number of piperidine rings is 1. The molecular formula is C26H32ClN3OS. The average Bonchev–Trinajstić information content (AvgIpc) is 3.27. The molecule has 1 aliphatic carbocycles. The quantitative estimate of drug-likeness (QED) is 0.494. The van der Waals surface area contributed by atoms with Crippen LogP contribution in [0.15, 0.2) is 48.5 Å². The van der Waals surface area contributed by atoms with E-state index in [0.717, 1.165) is 67.9 Å². The molecule has 2 fully saturated rings. The summed E-state index contributed by atoms with van der Waals surface area (Å²) in [5.74, 6) is 0.126. The highest BCUT2D eigenvalue weighted by molar-refractivity contribution is 7.80. The van der Waals surface area contributed by atoms with Crippen molar-refractivity contribution >= 4 is 40.5 Å². The van der Waals surface area contributed by atoms with Crippen LogP contribution in [0, 0.1) is 0 Å². The second-order valence-electron chi connectivity index (χ2n) is 9.09. The van der Waals surface area contributed by atoms with Gasteiger partial charge in [-0.1, -0.05) is 42.6 Å². The van der Waals surface area contributed by atoms with Gasteiger partial charge in [-0.15, -0.1) is 0 Å². The van der Waals surface area contributed by atoms with Gasteiger partial charge in [0.1, 0.15) is 0 Å². The maximum absolute atomic E-state index is 12.7. The van der Waals surface area contributed by atoms with Crippen molar-refractivity contribution in [3.8, 4) is 0 Å². The monoisotopic (exact) mass is 469 g/mol. The molecule has 170 valence electrons. The van der Waals surface area contributed by atoms with Crippen LogP contribution in [-0.4, -0.2) is 34.5 Å². The Morgan fingerprint density at radius 1 is 0.969 bits per heavy atom. The van der Waals surface area contributed by atoms with Crippen molar-refractivity contribution < 1.29 is 4.79 Å². The minimum absolute atomic E-state index is 0.00736. The van der Waals surface area contributed by atoms with E-state index >= 15 is 0 Å². The smallest absolute Gasteiger partial charge is 0.253 e. The van der Waals surface area contributed by atoms with Crippen molar-refractivity contribution in [2.24, 2.45) is 0 Å². The molecule has 4 nitrogen and oxygen atoms in total. The van der Waals surface area contributed by atoms with E-state index in [4.69, 9.17) is 23.8 Å². The Morgan fingerprint density at radius 2 is 1.66 bits per heavy atom. The van der Waals surface area contributed by atoms with Gasteiger partial charge in [-0.3, -0.25) is 4.79 Å². The fourth-order valence-corrected chi connectivity index (χ4v) is 5.51. The highest BCUT2D eigenvalue weighted by Crippen LogP contribution is 2.34. The van der Waals surface area contributed by atoms with E-state index in [-0.39, 0.29) is 11.4 Å². The molecule has 1 heterocycles. The van der Waals surface area contributed by atoms with Crippen LogP contribution < -0.4 is 10.6 Å². The summed E-state index contributed by atoms with van der Waals surface area (Å²) in [5.41, 5.74) is 2.84. The highest BCUT2D eigenvalue weighted by Gasteiger charge is 2.34.